The first-order valence-electron chi connectivity index (χ1n) is 22.1. The third-order valence-corrected chi connectivity index (χ3v) is 16.4. The molecule has 0 fully saturated rings. The smallest absolute Gasteiger partial charge is 0.748 e. The first-order valence-corrected chi connectivity index (χ1v) is 31.3. The van der Waals surface area contributed by atoms with Crippen LogP contribution in [0.2, 0.25) is 0 Å². The van der Waals surface area contributed by atoms with Crippen LogP contribution in [0.4, 0.5) is 0 Å². The summed E-state index contributed by atoms with van der Waals surface area (Å²) < 4.78 is 110. The number of esters is 3. The number of hydrogen-bond donors (Lipinski definition) is 5. The minimum atomic E-state index is -4.42. The molecule has 0 aliphatic carbocycles. The van der Waals surface area contributed by atoms with Crippen LogP contribution in [0.3, 0.4) is 0 Å². The summed E-state index contributed by atoms with van der Waals surface area (Å²) in [5.41, 5.74) is -0.992. The summed E-state index contributed by atoms with van der Waals surface area (Å²) in [7, 11) is -11.8. The van der Waals surface area contributed by atoms with Crippen LogP contribution in [0.5, 0.6) is 0 Å². The van der Waals surface area contributed by atoms with Crippen molar-refractivity contribution in [3.8, 4) is 0 Å². The Morgan fingerprint density at radius 3 is 1.57 bits per heavy atom. The Morgan fingerprint density at radius 2 is 1.14 bits per heavy atom. The van der Waals surface area contributed by atoms with Gasteiger partial charge < -0.3 is 53.6 Å². The molecule has 1 rings (SSSR count). The molecular weight excluding hydrogens is 1210 g/mol. The number of carbonyl (C=O) groups excluding carboxylic acids is 4. The molecule has 5 N–H and O–H groups in total. The van der Waals surface area contributed by atoms with Gasteiger partial charge in [-0.3, -0.25) is 33.6 Å². The predicted octanol–water partition coefficient (Wildman–Crippen LogP) is -6.05. The minimum absolute atomic E-state index is 0. The van der Waals surface area contributed by atoms with E-state index in [4.69, 9.17) is 29.9 Å². The largest absolute Gasteiger partial charge is 1.00 e. The van der Waals surface area contributed by atoms with Gasteiger partial charge in [0.2, 0.25) is 5.91 Å². The van der Waals surface area contributed by atoms with Gasteiger partial charge in [-0.2, -0.15) is 35.3 Å². The Labute approximate surface area is 556 Å². The van der Waals surface area contributed by atoms with Gasteiger partial charge in [0.05, 0.1) is 87.6 Å². The fourth-order valence-corrected chi connectivity index (χ4v) is 10.7. The summed E-state index contributed by atoms with van der Waals surface area (Å²) in [6, 6.07) is 5.84. The fourth-order valence-electron chi connectivity index (χ4n) is 4.79. The number of ether oxygens (including phenoxy) is 3. The summed E-state index contributed by atoms with van der Waals surface area (Å²) in [6.07, 6.45) is 0.227. The van der Waals surface area contributed by atoms with Gasteiger partial charge in [0.15, 0.2) is 0 Å². The Balaban J connectivity index is -0.000000217. The second-order valence-corrected chi connectivity index (χ2v) is 25.8. The summed E-state index contributed by atoms with van der Waals surface area (Å²) in [6.45, 7) is 11.3. The van der Waals surface area contributed by atoms with Crippen molar-refractivity contribution in [3.05, 3.63) is 29.8 Å². The standard InChI is InChI=1S/C12H16O5S2.C11H21NO6S2.C11H20O7S2.C9H16O5S.K.2Na/c1-9(8-18-7-6-12(13)14)10-2-4-11(5-3-10)19(15,16)17;1-8(5-19-6-9(13)18-4)10(14)12-11(2,3)7-20(15,16)17;1-11(2,8-19-6-4-9(12)13)10(14)18-5-3-7-20(15,16)17;1-7(9(13)14-4-3-10)6-15-5-2-8(11)12;;;/h2-5,9H,6-8H2,1H3,(H,13,14)(H,15,16,17);8H,5-7H2,1-4H3,(H,12,14)(H,15,16,17);3-8H2,1-2H3,(H,12,13)(H,15,16,17);7,10H,2-6H2,1H3,(H,11,12);;;/q;;;;3*+1/p-3. The van der Waals surface area contributed by atoms with Gasteiger partial charge in [0, 0.05) is 51.7 Å². The molecule has 34 heteroatoms. The summed E-state index contributed by atoms with van der Waals surface area (Å²) >= 11 is 5.52. The number of benzene rings is 1. The van der Waals surface area contributed by atoms with Crippen LogP contribution in [0.1, 0.15) is 85.6 Å². The van der Waals surface area contributed by atoms with Gasteiger partial charge in [0.1, 0.15) is 16.7 Å². The number of carboxylic acids is 3. The van der Waals surface area contributed by atoms with E-state index in [9.17, 15) is 72.5 Å². The normalized spacial score (nSPS) is 12.3. The Hall–Kier alpha value is 0.236. The molecule has 0 saturated heterocycles. The van der Waals surface area contributed by atoms with E-state index >= 15 is 0 Å². The molecule has 0 aliphatic rings. The fraction of sp³-hybridized carbons (Fsp3) is 0.698. The van der Waals surface area contributed by atoms with E-state index in [0.717, 1.165) is 11.3 Å². The third-order valence-electron chi connectivity index (χ3n) is 8.64. The van der Waals surface area contributed by atoms with Crippen molar-refractivity contribution >= 4 is 119 Å². The second kappa shape index (κ2) is 47.6. The zero-order valence-electron chi connectivity index (χ0n) is 45.5. The van der Waals surface area contributed by atoms with E-state index in [0.29, 0.717) is 34.5 Å². The Kier molecular flexibility index (Phi) is 54.7. The number of aliphatic hydroxyl groups is 1. The van der Waals surface area contributed by atoms with Crippen LogP contribution in [-0.2, 0) is 78.1 Å². The molecule has 0 heterocycles. The maximum atomic E-state index is 11.9. The average molecular weight is 1280 g/mol. The van der Waals surface area contributed by atoms with Crippen LogP contribution >= 0.6 is 47.0 Å². The maximum Gasteiger partial charge on any atom is 1.00 e. The molecule has 430 valence electrons. The monoisotopic (exact) mass is 1280 g/mol. The number of hydrogen-bond acceptors (Lipinski definition) is 24. The van der Waals surface area contributed by atoms with Crippen molar-refractivity contribution < 1.29 is 218 Å². The van der Waals surface area contributed by atoms with Gasteiger partial charge in [0.25, 0.3) is 0 Å². The number of thioether (sulfide) groups is 4. The molecule has 0 aromatic heterocycles. The molecule has 0 saturated carbocycles. The number of methoxy groups -OCH3 is 1. The number of aliphatic carboxylic acids is 3. The van der Waals surface area contributed by atoms with Gasteiger partial charge in [-0.15, -0.1) is 11.8 Å². The summed E-state index contributed by atoms with van der Waals surface area (Å²) in [4.78, 5) is 76.3. The van der Waals surface area contributed by atoms with Crippen LogP contribution in [0.15, 0.2) is 29.2 Å². The molecule has 1 aromatic rings. The first-order chi connectivity index (χ1) is 33.9. The zero-order valence-corrected chi connectivity index (χ0v) is 58.3. The number of aliphatic hydroxyl groups excluding tert-OH is 1. The van der Waals surface area contributed by atoms with Crippen molar-refractivity contribution in [2.24, 2.45) is 17.3 Å². The minimum Gasteiger partial charge on any atom is -0.748 e. The van der Waals surface area contributed by atoms with Crippen LogP contribution in [0, 0.1) is 17.3 Å². The molecule has 77 heavy (non-hydrogen) atoms. The van der Waals surface area contributed by atoms with Crippen LogP contribution in [0.25, 0.3) is 0 Å². The van der Waals surface area contributed by atoms with E-state index in [1.807, 2.05) is 6.92 Å². The van der Waals surface area contributed by atoms with Crippen molar-refractivity contribution in [3.63, 3.8) is 0 Å². The maximum absolute atomic E-state index is 11.9. The van der Waals surface area contributed by atoms with Crippen molar-refractivity contribution in [2.45, 2.75) is 90.5 Å². The van der Waals surface area contributed by atoms with E-state index in [1.165, 1.54) is 80.1 Å². The molecule has 1 aromatic carbocycles. The van der Waals surface area contributed by atoms with Gasteiger partial charge >= 0.3 is 146 Å². The van der Waals surface area contributed by atoms with Crippen LogP contribution in [-0.4, -0.2) is 191 Å². The molecule has 1 amide bonds. The Morgan fingerprint density at radius 1 is 0.675 bits per heavy atom. The van der Waals surface area contributed by atoms with Gasteiger partial charge in [-0.1, -0.05) is 32.9 Å². The number of carboxylic acid groups (broad SMARTS) is 3. The Bertz CT molecular complexity index is 2230. The SMILES string of the molecule is CC(C)(CSCCC(=O)O)C(=O)OCCCS(=O)(=O)[O-].CC(CSCCC(=O)O)C(=O)OCCO.CC(CSCCC(=O)O)c1ccc(S(=O)(=O)[O-])cc1.COC(=O)CSCC(C)C(=O)NC(C)(C)CS(=O)(=O)[O-].[K+].[Na+].[Na+]. The third kappa shape index (κ3) is 55.2. The predicted molar refractivity (Wildman–Crippen MR) is 278 cm³/mol. The summed E-state index contributed by atoms with van der Waals surface area (Å²) in [5.74, 6) is -2.22. The first kappa shape index (κ1) is 88.5. The van der Waals surface area contributed by atoms with E-state index < -0.39 is 82.6 Å². The number of rotatable bonds is 33. The van der Waals surface area contributed by atoms with Crippen LogP contribution < -0.4 is 116 Å². The van der Waals surface area contributed by atoms with E-state index in [1.54, 1.807) is 39.8 Å². The zero-order chi connectivity index (χ0) is 57.9. The van der Waals surface area contributed by atoms with E-state index in [2.05, 4.69) is 10.1 Å². The van der Waals surface area contributed by atoms with Crippen molar-refractivity contribution in [2.75, 3.05) is 84.5 Å². The molecular formula is C43H70KNNa2O23S7. The average Bonchev–Trinajstić information content (AvgIpc) is 3.27. The quantitative estimate of drug-likeness (QED) is 0.0144. The number of carbonyl (C=O) groups is 7. The van der Waals surface area contributed by atoms with Crippen molar-refractivity contribution in [1.82, 2.24) is 5.32 Å². The molecule has 0 bridgehead atoms. The van der Waals surface area contributed by atoms with Gasteiger partial charge in [-0.05, 0) is 63.5 Å². The molecule has 0 radical (unpaired) electrons. The molecule has 24 nitrogen and oxygen atoms in total. The molecule has 0 aliphatic heterocycles. The number of nitrogens with one attached hydrogen (secondary N) is 1. The van der Waals surface area contributed by atoms with Gasteiger partial charge in [-0.25, -0.2) is 25.3 Å². The number of amides is 1. The molecule has 3 atom stereocenters. The molecule has 3 unspecified atom stereocenters. The van der Waals surface area contributed by atoms with E-state index in [-0.39, 0.29) is 196 Å². The van der Waals surface area contributed by atoms with Crippen molar-refractivity contribution in [1.29, 1.82) is 0 Å². The second-order valence-electron chi connectivity index (χ2n) is 17.1. The molecule has 0 spiro atoms. The summed E-state index contributed by atoms with van der Waals surface area (Å²) in [5, 5.41) is 36.3. The topological polar surface area (TPSA) is 412 Å².